The van der Waals surface area contributed by atoms with Crippen LogP contribution in [0.2, 0.25) is 0 Å². The number of anilines is 1. The number of hydrogen-bond donors (Lipinski definition) is 2. The second kappa shape index (κ2) is 6.78. The number of likely N-dealkylation sites (N-methyl/N-ethyl adjacent to an activating group) is 1. The molecular formula is C15H22N2O4. The van der Waals surface area contributed by atoms with Crippen LogP contribution in [-0.2, 0) is 9.53 Å². The minimum absolute atomic E-state index is 0.0999. The Kier molecular flexibility index (Phi) is 5.03. The number of amides is 1. The predicted octanol–water partition coefficient (Wildman–Crippen LogP) is 0.647. The molecule has 1 fully saturated rings. The Balaban J connectivity index is 1.84. The fourth-order valence-corrected chi connectivity index (χ4v) is 2.30. The number of nitrogens with two attached hydrogens (primary N) is 1. The lowest BCUT2D eigenvalue weighted by Gasteiger charge is -2.35. The monoisotopic (exact) mass is 294 g/mol. The van der Waals surface area contributed by atoms with Crippen LogP contribution < -0.4 is 10.5 Å². The van der Waals surface area contributed by atoms with Gasteiger partial charge in [0.15, 0.2) is 6.61 Å². The number of nitrogens with zero attached hydrogens (tertiary/aromatic N) is 1. The number of hydrogen-bond acceptors (Lipinski definition) is 5. The molecule has 3 N–H and O–H groups in total. The second-order valence-electron chi connectivity index (χ2n) is 5.41. The number of aliphatic hydroxyl groups is 1. The van der Waals surface area contributed by atoms with Gasteiger partial charge in [-0.15, -0.1) is 0 Å². The van der Waals surface area contributed by atoms with Crippen molar-refractivity contribution in [2.24, 2.45) is 0 Å². The van der Waals surface area contributed by atoms with Crippen LogP contribution in [0, 0.1) is 0 Å². The van der Waals surface area contributed by atoms with Crippen LogP contribution in [0.25, 0.3) is 0 Å². The van der Waals surface area contributed by atoms with Crippen molar-refractivity contribution in [1.82, 2.24) is 4.90 Å². The van der Waals surface area contributed by atoms with Crippen molar-refractivity contribution in [3.05, 3.63) is 24.3 Å². The molecule has 0 aromatic heterocycles. The van der Waals surface area contributed by atoms with E-state index in [1.54, 1.807) is 31.3 Å². The Morgan fingerprint density at radius 1 is 1.43 bits per heavy atom. The van der Waals surface area contributed by atoms with Crippen molar-refractivity contribution in [3.63, 3.8) is 0 Å². The number of carbonyl (C=O) groups is 1. The van der Waals surface area contributed by atoms with Gasteiger partial charge in [0.2, 0.25) is 0 Å². The fourth-order valence-electron chi connectivity index (χ4n) is 2.30. The Hall–Kier alpha value is -1.79. The van der Waals surface area contributed by atoms with E-state index in [0.717, 1.165) is 0 Å². The van der Waals surface area contributed by atoms with Gasteiger partial charge in [-0.3, -0.25) is 4.79 Å². The van der Waals surface area contributed by atoms with Crippen molar-refractivity contribution >= 4 is 11.6 Å². The van der Waals surface area contributed by atoms with Gasteiger partial charge in [-0.25, -0.2) is 0 Å². The van der Waals surface area contributed by atoms with Gasteiger partial charge in [-0.2, -0.15) is 0 Å². The molecule has 21 heavy (non-hydrogen) atoms. The lowest BCUT2D eigenvalue weighted by Crippen LogP contribution is -2.48. The SMILES string of the molecule is CN(CC1(O)CCOCC1)C(=O)COc1ccccc1N. The third-order valence-electron chi connectivity index (χ3n) is 3.65. The van der Waals surface area contributed by atoms with Gasteiger partial charge in [0.1, 0.15) is 5.75 Å². The first kappa shape index (κ1) is 15.6. The molecule has 0 spiro atoms. The number of ether oxygens (including phenoxy) is 2. The maximum absolute atomic E-state index is 12.1. The zero-order chi connectivity index (χ0) is 15.3. The Bertz CT molecular complexity index is 486. The molecule has 0 unspecified atom stereocenters. The molecule has 2 rings (SSSR count). The van der Waals surface area contributed by atoms with Crippen LogP contribution in [0.15, 0.2) is 24.3 Å². The van der Waals surface area contributed by atoms with Crippen LogP contribution in [0.4, 0.5) is 5.69 Å². The molecule has 1 heterocycles. The summed E-state index contributed by atoms with van der Waals surface area (Å²) < 4.78 is 10.6. The van der Waals surface area contributed by atoms with Crippen molar-refractivity contribution in [2.45, 2.75) is 18.4 Å². The number of carbonyl (C=O) groups excluding carboxylic acids is 1. The van der Waals surface area contributed by atoms with Gasteiger partial charge >= 0.3 is 0 Å². The summed E-state index contributed by atoms with van der Waals surface area (Å²) in [6.45, 7) is 1.23. The quantitative estimate of drug-likeness (QED) is 0.779. The Labute approximate surface area is 124 Å². The van der Waals surface area contributed by atoms with E-state index < -0.39 is 5.60 Å². The van der Waals surface area contributed by atoms with Crippen LogP contribution in [0.3, 0.4) is 0 Å². The first-order valence-corrected chi connectivity index (χ1v) is 7.02. The first-order valence-electron chi connectivity index (χ1n) is 7.02. The molecule has 0 atom stereocenters. The number of benzene rings is 1. The molecule has 1 amide bonds. The summed E-state index contributed by atoms with van der Waals surface area (Å²) in [7, 11) is 1.66. The van der Waals surface area contributed by atoms with Crippen LogP contribution in [0.5, 0.6) is 5.75 Å². The molecule has 1 aromatic carbocycles. The smallest absolute Gasteiger partial charge is 0.260 e. The first-order chi connectivity index (χ1) is 10.0. The van der Waals surface area contributed by atoms with E-state index >= 15 is 0 Å². The van der Waals surface area contributed by atoms with Crippen molar-refractivity contribution in [1.29, 1.82) is 0 Å². The lowest BCUT2D eigenvalue weighted by molar-refractivity contribution is -0.138. The highest BCUT2D eigenvalue weighted by Gasteiger charge is 2.32. The molecule has 0 aliphatic carbocycles. The molecule has 0 radical (unpaired) electrons. The van der Waals surface area contributed by atoms with Gasteiger partial charge in [0.05, 0.1) is 11.3 Å². The molecule has 1 saturated heterocycles. The summed E-state index contributed by atoms with van der Waals surface area (Å²) in [5, 5.41) is 10.4. The summed E-state index contributed by atoms with van der Waals surface area (Å²) in [4.78, 5) is 13.6. The minimum atomic E-state index is -0.867. The zero-order valence-corrected chi connectivity index (χ0v) is 12.2. The molecule has 6 heteroatoms. The average Bonchev–Trinajstić information content (AvgIpc) is 2.46. The van der Waals surface area contributed by atoms with Gasteiger partial charge in [0, 0.05) is 39.6 Å². The molecule has 116 valence electrons. The van der Waals surface area contributed by atoms with Gasteiger partial charge in [-0.1, -0.05) is 12.1 Å². The normalized spacial score (nSPS) is 17.2. The number of nitrogen functional groups attached to an aromatic ring is 1. The molecule has 0 saturated carbocycles. The van der Waals surface area contributed by atoms with Gasteiger partial charge in [-0.05, 0) is 12.1 Å². The summed E-state index contributed by atoms with van der Waals surface area (Å²) in [5.74, 6) is 0.294. The molecular weight excluding hydrogens is 272 g/mol. The largest absolute Gasteiger partial charge is 0.482 e. The van der Waals surface area contributed by atoms with E-state index in [-0.39, 0.29) is 19.1 Å². The fraction of sp³-hybridized carbons (Fsp3) is 0.533. The predicted molar refractivity (Wildman–Crippen MR) is 79.0 cm³/mol. The average molecular weight is 294 g/mol. The summed E-state index contributed by atoms with van der Waals surface area (Å²) >= 11 is 0. The summed E-state index contributed by atoms with van der Waals surface area (Å²) in [6.07, 6.45) is 1.08. The van der Waals surface area contributed by atoms with Gasteiger partial charge < -0.3 is 25.2 Å². The topological polar surface area (TPSA) is 85.0 Å². The Morgan fingerprint density at radius 2 is 2.10 bits per heavy atom. The second-order valence-corrected chi connectivity index (χ2v) is 5.41. The van der Waals surface area contributed by atoms with E-state index in [1.807, 2.05) is 0 Å². The molecule has 6 nitrogen and oxygen atoms in total. The maximum Gasteiger partial charge on any atom is 0.260 e. The van der Waals surface area contributed by atoms with Crippen LogP contribution in [-0.4, -0.2) is 54.9 Å². The van der Waals surface area contributed by atoms with E-state index in [4.69, 9.17) is 15.2 Å². The summed E-state index contributed by atoms with van der Waals surface area (Å²) in [5.41, 5.74) is 5.38. The van der Waals surface area contributed by atoms with Gasteiger partial charge in [0.25, 0.3) is 5.91 Å². The molecule has 1 aliphatic rings. The maximum atomic E-state index is 12.1. The highest BCUT2D eigenvalue weighted by atomic mass is 16.5. The molecule has 0 bridgehead atoms. The number of para-hydroxylation sites is 2. The third kappa shape index (κ3) is 4.34. The molecule has 1 aromatic rings. The van der Waals surface area contributed by atoms with E-state index in [9.17, 15) is 9.90 Å². The zero-order valence-electron chi connectivity index (χ0n) is 12.2. The molecule has 1 aliphatic heterocycles. The van der Waals surface area contributed by atoms with E-state index in [1.165, 1.54) is 4.90 Å². The minimum Gasteiger partial charge on any atom is -0.482 e. The third-order valence-corrected chi connectivity index (χ3v) is 3.65. The van der Waals surface area contributed by atoms with Crippen LogP contribution >= 0.6 is 0 Å². The van der Waals surface area contributed by atoms with E-state index in [0.29, 0.717) is 37.5 Å². The highest BCUT2D eigenvalue weighted by molar-refractivity contribution is 5.77. The van der Waals surface area contributed by atoms with Crippen molar-refractivity contribution in [2.75, 3.05) is 39.1 Å². The standard InChI is InChI=1S/C15H22N2O4/c1-17(11-15(19)6-8-20-9-7-15)14(18)10-21-13-5-3-2-4-12(13)16/h2-5,19H,6-11,16H2,1H3. The number of rotatable bonds is 5. The Morgan fingerprint density at radius 3 is 2.76 bits per heavy atom. The lowest BCUT2D eigenvalue weighted by atomic mass is 9.94. The summed E-state index contributed by atoms with van der Waals surface area (Å²) in [6, 6.07) is 7.03. The van der Waals surface area contributed by atoms with Crippen molar-refractivity contribution in [3.8, 4) is 5.75 Å². The van der Waals surface area contributed by atoms with Crippen LogP contribution in [0.1, 0.15) is 12.8 Å². The van der Waals surface area contributed by atoms with Crippen molar-refractivity contribution < 1.29 is 19.4 Å². The van der Waals surface area contributed by atoms with E-state index in [2.05, 4.69) is 0 Å². The highest BCUT2D eigenvalue weighted by Crippen LogP contribution is 2.22.